The van der Waals surface area contributed by atoms with E-state index in [1.165, 1.54) is 5.56 Å². The number of hydrogen-bond acceptors (Lipinski definition) is 3. The van der Waals surface area contributed by atoms with Crippen LogP contribution in [0, 0.1) is 0 Å². The monoisotopic (exact) mass is 326 g/mol. The zero-order chi connectivity index (χ0) is 17.0. The second-order valence-corrected chi connectivity index (χ2v) is 5.65. The minimum atomic E-state index is 0.0708. The van der Waals surface area contributed by atoms with Crippen LogP contribution in [-0.4, -0.2) is 19.8 Å². The maximum Gasteiger partial charge on any atom is 0.118 e. The van der Waals surface area contributed by atoms with E-state index in [1.54, 1.807) is 7.11 Å². The lowest BCUT2D eigenvalue weighted by Crippen LogP contribution is -2.19. The molecule has 0 radical (unpaired) electrons. The Labute approximate surface area is 144 Å². The Bertz CT molecular complexity index is 578. The van der Waals surface area contributed by atoms with Crippen molar-refractivity contribution in [2.75, 3.05) is 13.7 Å². The van der Waals surface area contributed by atoms with Crippen LogP contribution >= 0.6 is 0 Å². The largest absolute Gasteiger partial charge is 0.497 e. The summed E-state index contributed by atoms with van der Waals surface area (Å²) in [7, 11) is 1.67. The highest BCUT2D eigenvalue weighted by Gasteiger charge is 2.09. The van der Waals surface area contributed by atoms with Gasteiger partial charge in [0.2, 0.25) is 0 Å². The maximum atomic E-state index is 6.01. The molecular formula is C21H26O3. The minimum absolute atomic E-state index is 0.0708. The summed E-state index contributed by atoms with van der Waals surface area (Å²) in [5.41, 5.74) is 2.30. The van der Waals surface area contributed by atoms with Gasteiger partial charge in [-0.2, -0.15) is 0 Å². The van der Waals surface area contributed by atoms with Crippen molar-refractivity contribution in [2.45, 2.75) is 32.2 Å². The summed E-state index contributed by atoms with van der Waals surface area (Å²) in [6.45, 7) is 5.54. The van der Waals surface area contributed by atoms with Gasteiger partial charge in [0.1, 0.15) is 5.75 Å². The third-order valence-electron chi connectivity index (χ3n) is 3.75. The van der Waals surface area contributed by atoms with Gasteiger partial charge in [-0.15, -0.1) is 6.58 Å². The Morgan fingerprint density at radius 1 is 0.958 bits per heavy atom. The molecule has 1 atom stereocenters. The van der Waals surface area contributed by atoms with Crippen molar-refractivity contribution in [1.82, 2.24) is 0 Å². The molecule has 0 aliphatic rings. The van der Waals surface area contributed by atoms with Gasteiger partial charge in [0.25, 0.3) is 0 Å². The van der Waals surface area contributed by atoms with Crippen LogP contribution in [0.15, 0.2) is 67.3 Å². The molecule has 0 bridgehead atoms. The van der Waals surface area contributed by atoms with Crippen molar-refractivity contribution in [3.05, 3.63) is 78.4 Å². The lowest BCUT2D eigenvalue weighted by molar-refractivity contribution is -0.0327. The van der Waals surface area contributed by atoms with Crippen LogP contribution in [0.1, 0.15) is 24.0 Å². The molecule has 128 valence electrons. The first-order valence-electron chi connectivity index (χ1n) is 8.29. The summed E-state index contributed by atoms with van der Waals surface area (Å²) < 4.78 is 17.0. The molecule has 0 N–H and O–H groups in total. The minimum Gasteiger partial charge on any atom is -0.497 e. The van der Waals surface area contributed by atoms with Crippen LogP contribution in [0.2, 0.25) is 0 Å². The molecule has 2 rings (SSSR count). The van der Waals surface area contributed by atoms with E-state index in [1.807, 2.05) is 48.5 Å². The first kappa shape index (κ1) is 18.2. The van der Waals surface area contributed by atoms with E-state index in [4.69, 9.17) is 14.2 Å². The zero-order valence-corrected chi connectivity index (χ0v) is 14.3. The standard InChI is InChI=1S/C21H26O3/c1-3-4-10-21(24-16-18-8-6-5-7-9-18)17-23-15-19-11-13-20(22-2)14-12-19/h3,5-9,11-14,21H,1,4,10,15-17H2,2H3/t21-/m1/s1. The van der Waals surface area contributed by atoms with Crippen molar-refractivity contribution in [1.29, 1.82) is 0 Å². The second-order valence-electron chi connectivity index (χ2n) is 5.65. The van der Waals surface area contributed by atoms with Gasteiger partial charge in [0.05, 0.1) is 33.0 Å². The Balaban J connectivity index is 1.78. The van der Waals surface area contributed by atoms with Gasteiger partial charge in [0, 0.05) is 0 Å². The third-order valence-corrected chi connectivity index (χ3v) is 3.75. The summed E-state index contributed by atoms with van der Waals surface area (Å²) in [4.78, 5) is 0. The molecule has 2 aromatic rings. The fraction of sp³-hybridized carbons (Fsp3) is 0.333. The molecule has 0 fully saturated rings. The summed E-state index contributed by atoms with van der Waals surface area (Å²) in [5, 5.41) is 0. The zero-order valence-electron chi connectivity index (χ0n) is 14.3. The van der Waals surface area contributed by atoms with Gasteiger partial charge in [0.15, 0.2) is 0 Å². The fourth-order valence-corrected chi connectivity index (χ4v) is 2.34. The first-order valence-corrected chi connectivity index (χ1v) is 8.29. The van der Waals surface area contributed by atoms with Gasteiger partial charge in [-0.3, -0.25) is 0 Å². The Kier molecular flexibility index (Phi) is 8.08. The highest BCUT2D eigenvalue weighted by molar-refractivity contribution is 5.26. The summed E-state index contributed by atoms with van der Waals surface area (Å²) in [6, 6.07) is 18.1. The highest BCUT2D eigenvalue weighted by atomic mass is 16.5. The van der Waals surface area contributed by atoms with Crippen molar-refractivity contribution >= 4 is 0 Å². The summed E-state index contributed by atoms with van der Waals surface area (Å²) >= 11 is 0. The van der Waals surface area contributed by atoms with Gasteiger partial charge < -0.3 is 14.2 Å². The molecule has 0 aliphatic heterocycles. The molecule has 0 spiro atoms. The molecular weight excluding hydrogens is 300 g/mol. The highest BCUT2D eigenvalue weighted by Crippen LogP contribution is 2.13. The van der Waals surface area contributed by atoms with Crippen LogP contribution in [0.4, 0.5) is 0 Å². The van der Waals surface area contributed by atoms with E-state index in [0.717, 1.165) is 24.2 Å². The number of benzene rings is 2. The third kappa shape index (κ3) is 6.57. The molecule has 0 saturated heterocycles. The van der Waals surface area contributed by atoms with E-state index in [2.05, 4.69) is 18.7 Å². The van der Waals surface area contributed by atoms with Crippen LogP contribution in [0.5, 0.6) is 5.75 Å². The van der Waals surface area contributed by atoms with E-state index < -0.39 is 0 Å². The Morgan fingerprint density at radius 3 is 2.33 bits per heavy atom. The molecule has 0 aliphatic carbocycles. The molecule has 2 aromatic carbocycles. The van der Waals surface area contributed by atoms with Crippen molar-refractivity contribution in [2.24, 2.45) is 0 Å². The smallest absolute Gasteiger partial charge is 0.118 e. The first-order chi connectivity index (χ1) is 11.8. The number of hydrogen-bond donors (Lipinski definition) is 0. The average Bonchev–Trinajstić information content (AvgIpc) is 2.65. The van der Waals surface area contributed by atoms with Gasteiger partial charge in [-0.05, 0) is 36.1 Å². The van der Waals surface area contributed by atoms with Gasteiger partial charge in [-0.25, -0.2) is 0 Å². The van der Waals surface area contributed by atoms with Crippen molar-refractivity contribution in [3.63, 3.8) is 0 Å². The second kappa shape index (κ2) is 10.6. The maximum absolute atomic E-state index is 6.01. The molecule has 24 heavy (non-hydrogen) atoms. The number of allylic oxidation sites excluding steroid dienone is 1. The molecule has 3 nitrogen and oxygen atoms in total. The number of ether oxygens (including phenoxy) is 3. The normalized spacial score (nSPS) is 11.9. The lowest BCUT2D eigenvalue weighted by atomic mass is 10.2. The van der Waals surface area contributed by atoms with Crippen molar-refractivity contribution in [3.8, 4) is 5.75 Å². The predicted octanol–water partition coefficient (Wildman–Crippen LogP) is 4.76. The molecule has 0 saturated carbocycles. The van der Waals surface area contributed by atoms with E-state index >= 15 is 0 Å². The molecule has 0 heterocycles. The average molecular weight is 326 g/mol. The SMILES string of the molecule is C=CCC[C@H](COCc1ccc(OC)cc1)OCc1ccccc1. The van der Waals surface area contributed by atoms with Crippen molar-refractivity contribution < 1.29 is 14.2 Å². The number of rotatable bonds is 11. The Hall–Kier alpha value is -2.10. The molecule has 0 aromatic heterocycles. The van der Waals surface area contributed by atoms with Gasteiger partial charge in [-0.1, -0.05) is 48.5 Å². The Morgan fingerprint density at radius 2 is 1.67 bits per heavy atom. The van der Waals surface area contributed by atoms with E-state index in [0.29, 0.717) is 19.8 Å². The van der Waals surface area contributed by atoms with Crippen LogP contribution in [0.25, 0.3) is 0 Å². The predicted molar refractivity (Wildman–Crippen MR) is 97.1 cm³/mol. The fourth-order valence-electron chi connectivity index (χ4n) is 2.34. The molecule has 0 unspecified atom stereocenters. The molecule has 3 heteroatoms. The van der Waals surface area contributed by atoms with Gasteiger partial charge >= 0.3 is 0 Å². The lowest BCUT2D eigenvalue weighted by Gasteiger charge is -2.18. The van der Waals surface area contributed by atoms with Crippen LogP contribution in [0.3, 0.4) is 0 Å². The quantitative estimate of drug-likeness (QED) is 0.557. The van der Waals surface area contributed by atoms with Crippen LogP contribution < -0.4 is 4.74 Å². The topological polar surface area (TPSA) is 27.7 Å². The molecule has 0 amide bonds. The van der Waals surface area contributed by atoms with E-state index in [9.17, 15) is 0 Å². The summed E-state index contributed by atoms with van der Waals surface area (Å²) in [5.74, 6) is 0.855. The van der Waals surface area contributed by atoms with E-state index in [-0.39, 0.29) is 6.10 Å². The van der Waals surface area contributed by atoms with Crippen LogP contribution in [-0.2, 0) is 22.7 Å². The number of methoxy groups -OCH3 is 1. The summed E-state index contributed by atoms with van der Waals surface area (Å²) in [6.07, 6.45) is 3.83.